The molecule has 0 spiro atoms. The topological polar surface area (TPSA) is 38.8 Å². The Labute approximate surface area is 197 Å². The lowest BCUT2D eigenvalue weighted by molar-refractivity contribution is -0.122. The van der Waals surface area contributed by atoms with Gasteiger partial charge in [0.15, 0.2) is 0 Å². The van der Waals surface area contributed by atoms with Gasteiger partial charge < -0.3 is 5.32 Å². The van der Waals surface area contributed by atoms with Crippen molar-refractivity contribution in [1.82, 2.24) is 20.0 Å². The smallest absolute Gasteiger partial charge is 0.146 e. The lowest BCUT2D eigenvalue weighted by Crippen LogP contribution is -2.46. The highest BCUT2D eigenvalue weighted by Crippen LogP contribution is 2.24. The molecule has 1 aromatic carbocycles. The van der Waals surface area contributed by atoms with E-state index in [4.69, 9.17) is 0 Å². The number of likely N-dealkylation sites (tertiary alicyclic amines) is 2. The number of carbonyl (C=O) groups excluding carboxylic acids is 1. The first-order valence-corrected chi connectivity index (χ1v) is 12.7. The van der Waals surface area contributed by atoms with Crippen LogP contribution in [0.2, 0.25) is 0 Å². The maximum absolute atomic E-state index is 10.9. The second-order valence-electron chi connectivity index (χ2n) is 10.5. The molecule has 0 saturated carbocycles. The molecule has 3 heterocycles. The number of carbonyl (C=O) groups is 1. The molecule has 0 amide bonds. The van der Waals surface area contributed by atoms with Crippen molar-refractivity contribution in [2.45, 2.75) is 97.6 Å². The number of nitrogens with one attached hydrogen (secondary N) is 1. The standard InChI is InChI=1S/C11H17N.C8H16N2.C8H15NO/c1-10(2)12(3)9-11-7-5-4-6-8-11;1-6(2)10-5-7-3-8(10)4-9-7;1-7(2)9-5-3-4-8(10)6-9/h4-8,10H,9H2,1-3H3;6-9H,3-5H2,1-2H3;7H,3-6H2,1-2H3/t;7-,8-;/m.0./s1. The summed E-state index contributed by atoms with van der Waals surface area (Å²) in [5.74, 6) is 0.403. The second-order valence-corrected chi connectivity index (χ2v) is 10.5. The molecule has 4 rings (SSSR count). The van der Waals surface area contributed by atoms with E-state index >= 15 is 0 Å². The molecule has 5 heteroatoms. The van der Waals surface area contributed by atoms with Crippen molar-refractivity contribution in [1.29, 1.82) is 0 Å². The molecule has 2 atom stereocenters. The molecular weight excluding hydrogens is 396 g/mol. The molecule has 1 aromatic rings. The SMILES string of the molecule is CC(C)N(C)Cc1ccccc1.CC(C)N1CCCC(=O)C1.CC(C)N1C[C@@H]2C[C@H]1CN2. The zero-order chi connectivity index (χ0) is 23.7. The van der Waals surface area contributed by atoms with Crippen molar-refractivity contribution in [3.05, 3.63) is 35.9 Å². The molecule has 3 fully saturated rings. The summed E-state index contributed by atoms with van der Waals surface area (Å²) in [5, 5.41) is 3.50. The Morgan fingerprint density at radius 3 is 2.16 bits per heavy atom. The van der Waals surface area contributed by atoms with Crippen molar-refractivity contribution >= 4 is 5.78 Å². The monoisotopic (exact) mass is 444 g/mol. The summed E-state index contributed by atoms with van der Waals surface area (Å²) in [7, 11) is 2.15. The lowest BCUT2D eigenvalue weighted by atomic mass is 10.1. The molecule has 3 saturated heterocycles. The maximum Gasteiger partial charge on any atom is 0.146 e. The normalized spacial score (nSPS) is 23.5. The third kappa shape index (κ3) is 8.93. The van der Waals surface area contributed by atoms with Gasteiger partial charge in [0.05, 0.1) is 6.54 Å². The summed E-state index contributed by atoms with van der Waals surface area (Å²) in [6.07, 6.45) is 3.23. The zero-order valence-corrected chi connectivity index (χ0v) is 21.7. The fourth-order valence-corrected chi connectivity index (χ4v) is 4.58. The number of Topliss-reactive ketones (excluding diaryl/α,β-unsaturated/α-hetero) is 1. The van der Waals surface area contributed by atoms with Gasteiger partial charge in [0.25, 0.3) is 0 Å². The number of fused-ring (bicyclic) bond motifs is 2. The Balaban J connectivity index is 0.000000171. The van der Waals surface area contributed by atoms with Gasteiger partial charge in [0, 0.05) is 56.3 Å². The molecule has 0 aliphatic carbocycles. The summed E-state index contributed by atoms with van der Waals surface area (Å²) in [5.41, 5.74) is 1.38. The van der Waals surface area contributed by atoms with Crippen LogP contribution < -0.4 is 5.32 Å². The summed E-state index contributed by atoms with van der Waals surface area (Å²) < 4.78 is 0. The Bertz CT molecular complexity index is 661. The molecule has 5 nitrogen and oxygen atoms in total. The fourth-order valence-electron chi connectivity index (χ4n) is 4.58. The molecule has 0 aromatic heterocycles. The van der Waals surface area contributed by atoms with Crippen LogP contribution in [0, 0.1) is 0 Å². The Hall–Kier alpha value is -1.27. The number of piperidine rings is 1. The Morgan fingerprint density at radius 2 is 1.75 bits per heavy atom. The molecular formula is C27H48N4O. The molecule has 0 radical (unpaired) electrons. The highest BCUT2D eigenvalue weighted by Gasteiger charge is 2.38. The average molecular weight is 445 g/mol. The minimum atomic E-state index is 0.403. The molecule has 32 heavy (non-hydrogen) atoms. The third-order valence-electron chi connectivity index (χ3n) is 6.93. The molecule has 3 aliphatic heterocycles. The van der Waals surface area contributed by atoms with E-state index in [0.717, 1.165) is 44.1 Å². The Kier molecular flexibility index (Phi) is 11.3. The highest BCUT2D eigenvalue weighted by atomic mass is 16.1. The van der Waals surface area contributed by atoms with E-state index in [1.165, 1.54) is 25.1 Å². The van der Waals surface area contributed by atoms with E-state index < -0.39 is 0 Å². The molecule has 2 bridgehead atoms. The van der Waals surface area contributed by atoms with Gasteiger partial charge in [0.2, 0.25) is 0 Å². The predicted octanol–water partition coefficient (Wildman–Crippen LogP) is 4.03. The summed E-state index contributed by atoms with van der Waals surface area (Å²) in [6, 6.07) is 14.1. The van der Waals surface area contributed by atoms with Gasteiger partial charge in [-0.2, -0.15) is 0 Å². The molecule has 182 valence electrons. The van der Waals surface area contributed by atoms with Crippen molar-refractivity contribution in [3.63, 3.8) is 0 Å². The average Bonchev–Trinajstić information content (AvgIpc) is 3.39. The van der Waals surface area contributed by atoms with E-state index in [0.29, 0.717) is 24.4 Å². The van der Waals surface area contributed by atoms with Crippen molar-refractivity contribution in [2.24, 2.45) is 0 Å². The van der Waals surface area contributed by atoms with Crippen LogP contribution in [0.15, 0.2) is 30.3 Å². The van der Waals surface area contributed by atoms with Gasteiger partial charge in [-0.1, -0.05) is 30.3 Å². The van der Waals surface area contributed by atoms with Crippen LogP contribution in [0.3, 0.4) is 0 Å². The van der Waals surface area contributed by atoms with Crippen molar-refractivity contribution in [3.8, 4) is 0 Å². The van der Waals surface area contributed by atoms with Gasteiger partial charge in [-0.25, -0.2) is 0 Å². The Morgan fingerprint density at radius 1 is 1.06 bits per heavy atom. The fraction of sp³-hybridized carbons (Fsp3) is 0.741. The largest absolute Gasteiger partial charge is 0.311 e. The number of ketones is 1. The number of piperazine rings is 1. The van der Waals surface area contributed by atoms with Crippen LogP contribution in [0.1, 0.15) is 66.4 Å². The van der Waals surface area contributed by atoms with Gasteiger partial charge in [-0.3, -0.25) is 19.5 Å². The van der Waals surface area contributed by atoms with E-state index in [1.807, 2.05) is 0 Å². The van der Waals surface area contributed by atoms with Crippen molar-refractivity contribution in [2.75, 3.05) is 33.2 Å². The quantitative estimate of drug-likeness (QED) is 0.742. The number of hydrogen-bond donors (Lipinski definition) is 1. The molecule has 3 aliphatic rings. The molecule has 0 unspecified atom stereocenters. The summed E-state index contributed by atoms with van der Waals surface area (Å²) in [6.45, 7) is 18.6. The van der Waals surface area contributed by atoms with Crippen LogP contribution in [-0.2, 0) is 11.3 Å². The first-order valence-electron chi connectivity index (χ1n) is 12.7. The first-order chi connectivity index (χ1) is 15.2. The van der Waals surface area contributed by atoms with E-state index in [9.17, 15) is 4.79 Å². The van der Waals surface area contributed by atoms with Gasteiger partial charge in [0.1, 0.15) is 5.78 Å². The molecule has 1 N–H and O–H groups in total. The predicted molar refractivity (Wildman–Crippen MR) is 136 cm³/mol. The van der Waals surface area contributed by atoms with Crippen LogP contribution in [0.25, 0.3) is 0 Å². The van der Waals surface area contributed by atoms with Crippen LogP contribution in [-0.4, -0.2) is 83.9 Å². The van der Waals surface area contributed by atoms with Gasteiger partial charge in [-0.05, 0) is 73.5 Å². The summed E-state index contributed by atoms with van der Waals surface area (Å²) in [4.78, 5) is 18.1. The number of hydrogen-bond acceptors (Lipinski definition) is 5. The first kappa shape index (κ1) is 27.0. The number of rotatable bonds is 5. The lowest BCUT2D eigenvalue weighted by Gasteiger charge is -2.30. The van der Waals surface area contributed by atoms with E-state index in [-0.39, 0.29) is 0 Å². The number of benzene rings is 1. The van der Waals surface area contributed by atoms with Crippen LogP contribution in [0.5, 0.6) is 0 Å². The summed E-state index contributed by atoms with van der Waals surface area (Å²) >= 11 is 0. The number of nitrogens with zero attached hydrogens (tertiary/aromatic N) is 3. The highest BCUT2D eigenvalue weighted by molar-refractivity contribution is 5.81. The zero-order valence-electron chi connectivity index (χ0n) is 21.7. The minimum Gasteiger partial charge on any atom is -0.311 e. The van der Waals surface area contributed by atoms with Gasteiger partial charge in [-0.15, -0.1) is 0 Å². The van der Waals surface area contributed by atoms with Crippen molar-refractivity contribution < 1.29 is 4.79 Å². The van der Waals surface area contributed by atoms with E-state index in [2.05, 4.69) is 98.9 Å². The second kappa shape index (κ2) is 13.4. The van der Waals surface area contributed by atoms with Gasteiger partial charge >= 0.3 is 0 Å². The maximum atomic E-state index is 10.9. The van der Waals surface area contributed by atoms with Crippen LogP contribution in [0.4, 0.5) is 0 Å². The van der Waals surface area contributed by atoms with E-state index in [1.54, 1.807) is 0 Å². The minimum absolute atomic E-state index is 0.403. The third-order valence-corrected chi connectivity index (χ3v) is 6.93. The van der Waals surface area contributed by atoms with Crippen LogP contribution >= 0.6 is 0 Å².